The molecule has 0 fully saturated rings. The third-order valence-electron chi connectivity index (χ3n) is 3.94. The molecule has 0 radical (unpaired) electrons. The van der Waals surface area contributed by atoms with Gasteiger partial charge in [0.2, 0.25) is 0 Å². The summed E-state index contributed by atoms with van der Waals surface area (Å²) in [5.74, 6) is 0. The molecule has 0 saturated heterocycles. The number of nitrogens with zero attached hydrogens (tertiary/aromatic N) is 1. The second-order valence-corrected chi connectivity index (χ2v) is 8.19. The summed E-state index contributed by atoms with van der Waals surface area (Å²) in [6, 6.07) is 0. The van der Waals surface area contributed by atoms with Crippen molar-refractivity contribution in [1.82, 2.24) is 0 Å². The van der Waals surface area contributed by atoms with Crippen molar-refractivity contribution in [3.63, 3.8) is 0 Å². The van der Waals surface area contributed by atoms with Crippen LogP contribution in [0.1, 0.15) is 32.1 Å². The van der Waals surface area contributed by atoms with E-state index in [4.69, 9.17) is 0 Å². The molecule has 0 aromatic heterocycles. The summed E-state index contributed by atoms with van der Waals surface area (Å²) in [7, 11) is -5.64. The van der Waals surface area contributed by atoms with Crippen molar-refractivity contribution in [1.29, 1.82) is 0 Å². The van der Waals surface area contributed by atoms with E-state index < -0.39 is 47.2 Å². The molecule has 0 saturated carbocycles. The van der Waals surface area contributed by atoms with Crippen LogP contribution in [0.15, 0.2) is 50.6 Å². The van der Waals surface area contributed by atoms with Crippen molar-refractivity contribution < 1.29 is 43.8 Å². The summed E-state index contributed by atoms with van der Waals surface area (Å²) in [6.45, 7) is 18.8. The number of hydrogen-bond donors (Lipinski definition) is 0. The van der Waals surface area contributed by atoms with E-state index in [-0.39, 0.29) is 6.42 Å². The zero-order valence-electron chi connectivity index (χ0n) is 16.8. The lowest BCUT2D eigenvalue weighted by Crippen LogP contribution is -2.48. The van der Waals surface area contributed by atoms with Gasteiger partial charge in [-0.2, -0.15) is 30.4 Å². The van der Waals surface area contributed by atoms with Crippen LogP contribution in [0.3, 0.4) is 0 Å². The molecule has 0 aliphatic heterocycles. The van der Waals surface area contributed by atoms with E-state index >= 15 is 0 Å². The van der Waals surface area contributed by atoms with Crippen LogP contribution in [0.4, 0.5) is 26.5 Å². The highest BCUT2D eigenvalue weighted by Crippen LogP contribution is 2.30. The van der Waals surface area contributed by atoms with Gasteiger partial charge in [0.05, 0.1) is 26.2 Å². The number of halogens is 6. The summed E-state index contributed by atoms with van der Waals surface area (Å²) in [4.78, 5) is 0. The lowest BCUT2D eigenvalue weighted by molar-refractivity contribution is -0.906. The topological polar surface area (TPSA) is 43.4 Å². The molecule has 0 aliphatic carbocycles. The third kappa shape index (κ3) is 12.9. The van der Waals surface area contributed by atoms with Gasteiger partial charge in [0.15, 0.2) is 0 Å². The van der Waals surface area contributed by atoms with Crippen LogP contribution in [-0.4, -0.2) is 50.5 Å². The Morgan fingerprint density at radius 3 is 1.40 bits per heavy atom. The lowest BCUT2D eigenvalue weighted by Gasteiger charge is -2.35. The zero-order valence-corrected chi connectivity index (χ0v) is 17.7. The normalized spacial score (nSPS) is 12.5. The van der Waals surface area contributed by atoms with Crippen molar-refractivity contribution >= 4 is 10.1 Å². The molecular weight excluding hydrogens is 436 g/mol. The molecule has 176 valence electrons. The first kappa shape index (κ1) is 30.6. The molecule has 0 atom stereocenters. The number of alkyl halides is 5. The molecule has 0 amide bonds. The van der Waals surface area contributed by atoms with Gasteiger partial charge in [-0.05, 0) is 41.7 Å². The summed E-state index contributed by atoms with van der Waals surface area (Å²) in [5, 5.41) is -4.43. The van der Waals surface area contributed by atoms with Gasteiger partial charge in [-0.3, -0.25) is 0 Å². The van der Waals surface area contributed by atoms with E-state index in [0.29, 0.717) is 0 Å². The van der Waals surface area contributed by atoms with Crippen LogP contribution in [0.5, 0.6) is 0 Å². The van der Waals surface area contributed by atoms with Gasteiger partial charge in [-0.25, -0.2) is 0 Å². The molecule has 0 aliphatic rings. The van der Waals surface area contributed by atoms with Crippen LogP contribution in [0.25, 0.3) is 0 Å². The Morgan fingerprint density at radius 1 is 0.733 bits per heavy atom. The minimum atomic E-state index is -5.64. The van der Waals surface area contributed by atoms with Gasteiger partial charge in [0.25, 0.3) is 0 Å². The number of quaternary nitrogens is 1. The van der Waals surface area contributed by atoms with E-state index in [1.165, 1.54) is 0 Å². The Morgan fingerprint density at radius 2 is 1.10 bits per heavy atom. The maximum absolute atomic E-state index is 12.7. The molecule has 0 aromatic rings. The number of unbranched alkanes of at least 4 members (excludes halogenated alkanes) is 2. The Hall–Kier alpha value is -1.59. The standard InChI is InChI=1S/C12H20N.C7H10F6O3S/c1-5-9-13(10-6-2,11-7-3)12-8-4;8-6(9,10)4-2-1-3-5-7(11,12)17(14,15)16-13/h5-8H,1-4,9-12H2;1-5H2/q+1;. The summed E-state index contributed by atoms with van der Waals surface area (Å²) in [5.41, 5.74) is 0. The molecule has 0 N–H and O–H groups in total. The smallest absolute Gasteiger partial charge is 0.311 e. The first-order valence-corrected chi connectivity index (χ1v) is 10.4. The fraction of sp³-hybridized carbons (Fsp3) is 0.579. The zero-order chi connectivity index (χ0) is 23.9. The number of rotatable bonds is 15. The molecule has 0 heterocycles. The van der Waals surface area contributed by atoms with Gasteiger partial charge in [0, 0.05) is 12.8 Å². The Bertz CT molecular complexity index is 587. The molecule has 0 aromatic carbocycles. The van der Waals surface area contributed by atoms with Crippen molar-refractivity contribution in [3.8, 4) is 0 Å². The minimum Gasteiger partial charge on any atom is -0.311 e. The van der Waals surface area contributed by atoms with E-state index in [0.717, 1.165) is 30.7 Å². The Labute approximate surface area is 174 Å². The van der Waals surface area contributed by atoms with Gasteiger partial charge in [0.1, 0.15) is 0 Å². The molecule has 0 unspecified atom stereocenters. The average molecular weight is 467 g/mol. The van der Waals surface area contributed by atoms with Gasteiger partial charge in [-0.1, -0.05) is 37.1 Å². The van der Waals surface area contributed by atoms with E-state index in [2.05, 4.69) is 30.7 Å². The Balaban J connectivity index is 0. The SMILES string of the molecule is C=CC[N+](CC=C)(CC=C)CC=C.O=S(=O)(OF)C(F)(F)CCCCCC(F)(F)F. The van der Waals surface area contributed by atoms with Crippen LogP contribution in [-0.2, 0) is 14.5 Å². The van der Waals surface area contributed by atoms with Crippen molar-refractivity contribution in [3.05, 3.63) is 50.6 Å². The second kappa shape index (κ2) is 14.4. The predicted molar refractivity (Wildman–Crippen MR) is 106 cm³/mol. The van der Waals surface area contributed by atoms with Gasteiger partial charge >= 0.3 is 21.5 Å². The highest BCUT2D eigenvalue weighted by Gasteiger charge is 2.46. The quantitative estimate of drug-likeness (QED) is 0.131. The molecule has 30 heavy (non-hydrogen) atoms. The molecular formula is C19H30F6NO3S+. The van der Waals surface area contributed by atoms with Crippen LogP contribution >= 0.6 is 0 Å². The molecule has 0 spiro atoms. The monoisotopic (exact) mass is 466 g/mol. The second-order valence-electron chi connectivity index (χ2n) is 6.56. The van der Waals surface area contributed by atoms with Crippen LogP contribution in [0.2, 0.25) is 0 Å². The maximum Gasteiger partial charge on any atom is 0.389 e. The lowest BCUT2D eigenvalue weighted by atomic mass is 10.1. The summed E-state index contributed by atoms with van der Waals surface area (Å²) in [6.07, 6.45) is -0.141. The molecule has 4 nitrogen and oxygen atoms in total. The largest absolute Gasteiger partial charge is 0.389 e. The van der Waals surface area contributed by atoms with Crippen LogP contribution < -0.4 is 0 Å². The molecule has 0 bridgehead atoms. The average Bonchev–Trinajstić information content (AvgIpc) is 2.61. The first-order chi connectivity index (χ1) is 13.8. The third-order valence-corrected chi connectivity index (χ3v) is 5.04. The Kier molecular flexibility index (Phi) is 14.7. The van der Waals surface area contributed by atoms with Crippen molar-refractivity contribution in [2.75, 3.05) is 26.2 Å². The van der Waals surface area contributed by atoms with E-state index in [9.17, 15) is 34.9 Å². The van der Waals surface area contributed by atoms with Crippen molar-refractivity contribution in [2.24, 2.45) is 0 Å². The fourth-order valence-electron chi connectivity index (χ4n) is 2.55. The maximum atomic E-state index is 12.7. The fourth-order valence-corrected chi connectivity index (χ4v) is 3.03. The summed E-state index contributed by atoms with van der Waals surface area (Å²) >= 11 is 0. The molecule has 11 heteroatoms. The minimum absolute atomic E-state index is 0.239. The van der Waals surface area contributed by atoms with Crippen LogP contribution in [0, 0.1) is 0 Å². The molecule has 0 rings (SSSR count). The van der Waals surface area contributed by atoms with E-state index in [1.54, 1.807) is 0 Å². The number of hydrogen-bond acceptors (Lipinski definition) is 3. The summed E-state index contributed by atoms with van der Waals surface area (Å²) < 4.78 is 95.3. The van der Waals surface area contributed by atoms with Crippen molar-refractivity contribution in [2.45, 2.75) is 43.5 Å². The predicted octanol–water partition coefficient (Wildman–Crippen LogP) is 5.87. The van der Waals surface area contributed by atoms with Gasteiger partial charge in [-0.15, -0.1) is 0 Å². The van der Waals surface area contributed by atoms with Gasteiger partial charge < -0.3 is 4.48 Å². The first-order valence-electron chi connectivity index (χ1n) is 9.04. The van der Waals surface area contributed by atoms with E-state index in [1.807, 2.05) is 24.3 Å². The highest BCUT2D eigenvalue weighted by molar-refractivity contribution is 7.87. The highest BCUT2D eigenvalue weighted by atomic mass is 32.2.